The van der Waals surface area contributed by atoms with Crippen LogP contribution in [0, 0.1) is 55.4 Å². The van der Waals surface area contributed by atoms with E-state index in [1.165, 1.54) is 50.9 Å². The number of benzene rings is 4. The highest BCUT2D eigenvalue weighted by molar-refractivity contribution is 8.18. The maximum atomic E-state index is 13.7. The number of aryl methyl sites for hydroxylation is 8. The predicted octanol–water partition coefficient (Wildman–Crippen LogP) is 11.6. The van der Waals surface area contributed by atoms with Gasteiger partial charge in [0.1, 0.15) is 10.8 Å². The third kappa shape index (κ3) is 6.29. The summed E-state index contributed by atoms with van der Waals surface area (Å²) in [5, 5.41) is 13.5. The minimum Gasteiger partial charge on any atom is -0.506 e. The van der Waals surface area contributed by atoms with Crippen molar-refractivity contribution in [3.63, 3.8) is 0 Å². The standard InChI is InChI=1S/C45H40N2O3S2/c1-25-9-14-34(30(6)21-25)46(33-13-12-28(4)29(5)24-33)39-19-17-37(51-39)41-43(48)42(45(50)44(41)49)38-18-20-40(52-38)47(35-15-10-26(2)22-31(35)7)36-16-11-27(3)23-32(36)8/h9-24H,1-8H3/p+1. The minimum atomic E-state index is -0.694. The van der Waals surface area contributed by atoms with Crippen molar-refractivity contribution in [1.29, 1.82) is 0 Å². The first-order valence-electron chi connectivity index (χ1n) is 17.3. The van der Waals surface area contributed by atoms with Crippen molar-refractivity contribution in [3.05, 3.63) is 163 Å². The van der Waals surface area contributed by atoms with Gasteiger partial charge in [0.2, 0.25) is 22.9 Å². The normalized spacial score (nSPS) is 15.7. The SMILES string of the molecule is Cc1ccc(N(c2ccc(C)c(C)c2)c2ccc(C3=C(O)/C(=C4\C=CC(=[N+](c5ccc(C)cc5C)c5ccc(C)cc5C)S4)C(=O)C3=O)s2)c(C)c1. The van der Waals surface area contributed by atoms with Crippen LogP contribution >= 0.6 is 23.1 Å². The third-order valence-corrected chi connectivity index (χ3v) is 12.0. The lowest BCUT2D eigenvalue weighted by Crippen LogP contribution is -2.14. The number of thioether (sulfide) groups is 1. The summed E-state index contributed by atoms with van der Waals surface area (Å²) < 4.78 is 2.20. The zero-order chi connectivity index (χ0) is 37.0. The molecule has 0 unspecified atom stereocenters. The molecule has 0 fully saturated rings. The average Bonchev–Trinajstić information content (AvgIpc) is 3.81. The summed E-state index contributed by atoms with van der Waals surface area (Å²) in [4.78, 5) is 30.7. The number of carbonyl (C=O) groups excluding carboxylic acids is 2. The largest absolute Gasteiger partial charge is 0.506 e. The molecule has 7 heteroatoms. The van der Waals surface area contributed by atoms with Crippen LogP contribution in [-0.4, -0.2) is 21.7 Å². The molecule has 0 spiro atoms. The first kappa shape index (κ1) is 35.2. The summed E-state index contributed by atoms with van der Waals surface area (Å²) in [5.41, 5.74) is 13.4. The van der Waals surface area contributed by atoms with E-state index < -0.39 is 11.6 Å². The number of aliphatic hydroxyl groups excluding tert-OH is 1. The van der Waals surface area contributed by atoms with Gasteiger partial charge < -0.3 is 10.0 Å². The van der Waals surface area contributed by atoms with E-state index >= 15 is 0 Å². The Kier molecular flexibility index (Phi) is 9.28. The zero-order valence-electron chi connectivity index (χ0n) is 30.7. The van der Waals surface area contributed by atoms with E-state index in [4.69, 9.17) is 0 Å². The van der Waals surface area contributed by atoms with Crippen LogP contribution in [0.1, 0.15) is 49.4 Å². The second-order valence-corrected chi connectivity index (χ2v) is 16.0. The second kappa shape index (κ2) is 13.7. The van der Waals surface area contributed by atoms with Crippen molar-refractivity contribution in [2.75, 3.05) is 4.90 Å². The zero-order valence-corrected chi connectivity index (χ0v) is 32.3. The lowest BCUT2D eigenvalue weighted by molar-refractivity contribution is -0.130. The van der Waals surface area contributed by atoms with Gasteiger partial charge in [-0.05, 0) is 132 Å². The third-order valence-electron chi connectivity index (χ3n) is 9.78. The highest BCUT2D eigenvalue weighted by atomic mass is 32.2. The molecule has 0 saturated carbocycles. The summed E-state index contributed by atoms with van der Waals surface area (Å²) in [6.45, 7) is 16.7. The molecular formula is C45H41N2O3S2+. The van der Waals surface area contributed by atoms with Crippen molar-refractivity contribution >= 4 is 73.0 Å². The van der Waals surface area contributed by atoms with Crippen LogP contribution in [0.25, 0.3) is 5.57 Å². The lowest BCUT2D eigenvalue weighted by atomic mass is 10.1. The van der Waals surface area contributed by atoms with Gasteiger partial charge in [0, 0.05) is 50.5 Å². The number of ketones is 2. The molecule has 7 rings (SSSR count). The Bertz CT molecular complexity index is 2420. The van der Waals surface area contributed by atoms with Crippen LogP contribution in [0.2, 0.25) is 0 Å². The fraction of sp³-hybridized carbons (Fsp3) is 0.178. The van der Waals surface area contributed by atoms with E-state index in [1.54, 1.807) is 0 Å². The molecule has 2 aliphatic rings. The average molecular weight is 722 g/mol. The van der Waals surface area contributed by atoms with Crippen molar-refractivity contribution in [2.45, 2.75) is 55.4 Å². The van der Waals surface area contributed by atoms with Crippen molar-refractivity contribution in [1.82, 2.24) is 4.58 Å². The first-order valence-corrected chi connectivity index (χ1v) is 18.9. The predicted molar refractivity (Wildman–Crippen MR) is 220 cm³/mol. The lowest BCUT2D eigenvalue weighted by Gasteiger charge is -2.26. The van der Waals surface area contributed by atoms with Gasteiger partial charge in [-0.15, -0.1) is 15.9 Å². The number of allylic oxidation sites excluding steroid dienone is 3. The molecule has 1 aliphatic heterocycles. The number of carbonyl (C=O) groups is 2. The molecule has 52 heavy (non-hydrogen) atoms. The van der Waals surface area contributed by atoms with Crippen LogP contribution in [0.4, 0.5) is 27.8 Å². The number of hydrogen-bond acceptors (Lipinski definition) is 6. The molecule has 4 aromatic carbocycles. The number of nitrogens with zero attached hydrogens (tertiary/aromatic N) is 2. The highest BCUT2D eigenvalue weighted by Gasteiger charge is 2.41. The van der Waals surface area contributed by atoms with Crippen molar-refractivity contribution in [3.8, 4) is 0 Å². The topological polar surface area (TPSA) is 60.6 Å². The Morgan fingerprint density at radius 2 is 1.17 bits per heavy atom. The molecule has 1 aromatic heterocycles. The fourth-order valence-electron chi connectivity index (χ4n) is 6.97. The van der Waals surface area contributed by atoms with Crippen LogP contribution in [0.15, 0.2) is 113 Å². The maximum absolute atomic E-state index is 13.7. The fourth-order valence-corrected chi connectivity index (χ4v) is 9.14. The van der Waals surface area contributed by atoms with E-state index in [-0.39, 0.29) is 16.9 Å². The summed E-state index contributed by atoms with van der Waals surface area (Å²) in [6, 6.07) is 29.3. The molecule has 1 aliphatic carbocycles. The number of anilines is 3. The highest BCUT2D eigenvalue weighted by Crippen LogP contribution is 2.46. The Labute approximate surface area is 314 Å². The van der Waals surface area contributed by atoms with Crippen molar-refractivity contribution in [2.24, 2.45) is 0 Å². The van der Waals surface area contributed by atoms with Gasteiger partial charge in [-0.25, -0.2) is 0 Å². The second-order valence-electron chi connectivity index (χ2n) is 13.8. The summed E-state index contributed by atoms with van der Waals surface area (Å²) >= 11 is 2.77. The monoisotopic (exact) mass is 721 g/mol. The quantitative estimate of drug-likeness (QED) is 0.107. The molecule has 0 bridgehead atoms. The Balaban J connectivity index is 1.32. The van der Waals surface area contributed by atoms with Crippen LogP contribution in [0.3, 0.4) is 0 Å². The van der Waals surface area contributed by atoms with Gasteiger partial charge in [-0.1, -0.05) is 47.0 Å². The summed E-state index contributed by atoms with van der Waals surface area (Å²) in [7, 11) is 0. The number of aliphatic hydroxyl groups is 1. The molecular weight excluding hydrogens is 681 g/mol. The molecule has 0 atom stereocenters. The molecule has 5 aromatic rings. The Hall–Kier alpha value is -5.24. The molecule has 5 nitrogen and oxygen atoms in total. The van der Waals surface area contributed by atoms with Gasteiger partial charge >= 0.3 is 0 Å². The van der Waals surface area contributed by atoms with Gasteiger partial charge in [-0.3, -0.25) is 9.59 Å². The van der Waals surface area contributed by atoms with Gasteiger partial charge in [-0.2, -0.15) is 0 Å². The maximum Gasteiger partial charge on any atom is 0.251 e. The number of Topliss-reactive ketones (excluding diaryl/α,β-unsaturated/α-hetero) is 2. The summed E-state index contributed by atoms with van der Waals surface area (Å²) in [5.74, 6) is -1.66. The van der Waals surface area contributed by atoms with E-state index in [1.807, 2.05) is 24.3 Å². The van der Waals surface area contributed by atoms with Gasteiger partial charge in [0.15, 0.2) is 0 Å². The molecule has 0 radical (unpaired) electrons. The van der Waals surface area contributed by atoms with Crippen LogP contribution < -0.4 is 9.48 Å². The van der Waals surface area contributed by atoms with E-state index in [9.17, 15) is 14.7 Å². The number of hydrogen-bond donors (Lipinski definition) is 1. The van der Waals surface area contributed by atoms with E-state index in [0.717, 1.165) is 49.5 Å². The number of rotatable bonds is 6. The molecule has 0 amide bonds. The molecule has 0 saturated heterocycles. The molecule has 1 N–H and O–H groups in total. The number of thiophene rings is 1. The van der Waals surface area contributed by atoms with Crippen LogP contribution in [-0.2, 0) is 9.59 Å². The van der Waals surface area contributed by atoms with Gasteiger partial charge in [0.05, 0.1) is 11.1 Å². The first-order chi connectivity index (χ1) is 24.8. The van der Waals surface area contributed by atoms with E-state index in [2.05, 4.69) is 138 Å². The van der Waals surface area contributed by atoms with E-state index in [0.29, 0.717) is 9.78 Å². The Morgan fingerprint density at radius 3 is 1.77 bits per heavy atom. The summed E-state index contributed by atoms with van der Waals surface area (Å²) in [6.07, 6.45) is 3.80. The van der Waals surface area contributed by atoms with Crippen LogP contribution in [0.5, 0.6) is 0 Å². The van der Waals surface area contributed by atoms with Crippen molar-refractivity contribution < 1.29 is 14.7 Å². The Morgan fingerprint density at radius 1 is 0.577 bits per heavy atom. The minimum absolute atomic E-state index is 0.0486. The smallest absolute Gasteiger partial charge is 0.251 e. The van der Waals surface area contributed by atoms with Gasteiger partial charge in [0.25, 0.3) is 5.04 Å². The molecule has 260 valence electrons. The molecule has 2 heterocycles.